The molecule has 6 heteroatoms. The van der Waals surface area contributed by atoms with Crippen molar-refractivity contribution >= 4 is 17.6 Å². The highest BCUT2D eigenvalue weighted by molar-refractivity contribution is 5.98. The molecule has 0 aromatic heterocycles. The number of nitrogens with zero attached hydrogens (tertiary/aromatic N) is 1. The van der Waals surface area contributed by atoms with Gasteiger partial charge in [-0.2, -0.15) is 0 Å². The van der Waals surface area contributed by atoms with E-state index in [9.17, 15) is 14.7 Å². The standard InChI is InChI=1S/C15H18N2O4/c1-9-10(6-7-16-9)14(18)17-8-13(15(19)20)21-12-5-3-2-4-11(12)17/h2-5,9-10,13,16H,6-8H2,1H3,(H,19,20). The van der Waals surface area contributed by atoms with E-state index in [0.29, 0.717) is 11.4 Å². The predicted molar refractivity (Wildman–Crippen MR) is 76.4 cm³/mol. The summed E-state index contributed by atoms with van der Waals surface area (Å²) >= 11 is 0. The average molecular weight is 290 g/mol. The number of carboxylic acids is 1. The van der Waals surface area contributed by atoms with Gasteiger partial charge < -0.3 is 20.1 Å². The summed E-state index contributed by atoms with van der Waals surface area (Å²) in [5.41, 5.74) is 0.652. The third-order valence-corrected chi connectivity index (χ3v) is 4.16. The van der Waals surface area contributed by atoms with Crippen molar-refractivity contribution in [1.29, 1.82) is 0 Å². The van der Waals surface area contributed by atoms with E-state index in [2.05, 4.69) is 5.32 Å². The zero-order valence-electron chi connectivity index (χ0n) is 11.8. The van der Waals surface area contributed by atoms with Crippen molar-refractivity contribution in [3.05, 3.63) is 24.3 Å². The number of nitrogens with one attached hydrogen (secondary N) is 1. The molecule has 2 N–H and O–H groups in total. The van der Waals surface area contributed by atoms with Crippen molar-refractivity contribution in [3.8, 4) is 5.75 Å². The van der Waals surface area contributed by atoms with E-state index in [4.69, 9.17) is 4.74 Å². The fourth-order valence-corrected chi connectivity index (χ4v) is 2.97. The number of amides is 1. The Morgan fingerprint density at radius 2 is 2.14 bits per heavy atom. The van der Waals surface area contributed by atoms with Gasteiger partial charge in [0.25, 0.3) is 0 Å². The smallest absolute Gasteiger partial charge is 0.346 e. The van der Waals surface area contributed by atoms with Crippen LogP contribution in [0.25, 0.3) is 0 Å². The molecule has 2 aliphatic rings. The molecule has 1 aromatic rings. The number of carbonyl (C=O) groups excluding carboxylic acids is 1. The summed E-state index contributed by atoms with van der Waals surface area (Å²) in [6, 6.07) is 7.18. The largest absolute Gasteiger partial charge is 0.478 e. The van der Waals surface area contributed by atoms with E-state index in [1.54, 1.807) is 23.1 Å². The molecule has 0 saturated carbocycles. The maximum absolute atomic E-state index is 12.8. The number of benzene rings is 1. The quantitative estimate of drug-likeness (QED) is 0.844. The van der Waals surface area contributed by atoms with Crippen LogP contribution < -0.4 is 15.0 Å². The number of para-hydroxylation sites is 2. The van der Waals surface area contributed by atoms with E-state index in [1.165, 1.54) is 0 Å². The van der Waals surface area contributed by atoms with Crippen LogP contribution in [0.1, 0.15) is 13.3 Å². The topological polar surface area (TPSA) is 78.9 Å². The normalized spacial score (nSPS) is 27.9. The van der Waals surface area contributed by atoms with Crippen LogP contribution in [0.15, 0.2) is 24.3 Å². The first-order valence-electron chi connectivity index (χ1n) is 7.11. The van der Waals surface area contributed by atoms with Crippen LogP contribution in [0.4, 0.5) is 5.69 Å². The van der Waals surface area contributed by atoms with E-state index in [0.717, 1.165) is 13.0 Å². The van der Waals surface area contributed by atoms with Crippen molar-refractivity contribution in [2.45, 2.75) is 25.5 Å². The second kappa shape index (κ2) is 5.37. The number of hydrogen-bond acceptors (Lipinski definition) is 4. The average Bonchev–Trinajstić information content (AvgIpc) is 2.91. The molecule has 3 unspecified atom stereocenters. The Morgan fingerprint density at radius 3 is 2.81 bits per heavy atom. The first-order valence-corrected chi connectivity index (χ1v) is 7.11. The van der Waals surface area contributed by atoms with Crippen molar-refractivity contribution in [2.75, 3.05) is 18.0 Å². The predicted octanol–water partition coefficient (Wildman–Crippen LogP) is 0.863. The Hall–Kier alpha value is -2.08. The molecule has 0 radical (unpaired) electrons. The summed E-state index contributed by atoms with van der Waals surface area (Å²) in [7, 11) is 0. The molecule has 1 amide bonds. The Morgan fingerprint density at radius 1 is 1.38 bits per heavy atom. The maximum Gasteiger partial charge on any atom is 0.346 e. The zero-order chi connectivity index (χ0) is 15.0. The summed E-state index contributed by atoms with van der Waals surface area (Å²) in [5.74, 6) is -0.761. The van der Waals surface area contributed by atoms with Gasteiger partial charge in [-0.25, -0.2) is 4.79 Å². The van der Waals surface area contributed by atoms with Crippen LogP contribution in [0, 0.1) is 5.92 Å². The van der Waals surface area contributed by atoms with Gasteiger partial charge >= 0.3 is 5.97 Å². The third-order valence-electron chi connectivity index (χ3n) is 4.16. The van der Waals surface area contributed by atoms with Crippen LogP contribution in [0.5, 0.6) is 5.75 Å². The van der Waals surface area contributed by atoms with Crippen molar-refractivity contribution < 1.29 is 19.4 Å². The first kappa shape index (κ1) is 13.9. The SMILES string of the molecule is CC1NCCC1C(=O)N1CC(C(=O)O)Oc2ccccc21. The number of ether oxygens (including phenoxy) is 1. The summed E-state index contributed by atoms with van der Waals surface area (Å²) in [5, 5.41) is 12.5. The molecular formula is C15H18N2O4. The minimum Gasteiger partial charge on any atom is -0.478 e. The highest BCUT2D eigenvalue weighted by Gasteiger charge is 2.39. The fourth-order valence-electron chi connectivity index (χ4n) is 2.97. The van der Waals surface area contributed by atoms with Crippen LogP contribution in [0.3, 0.4) is 0 Å². The van der Waals surface area contributed by atoms with Gasteiger partial charge in [-0.3, -0.25) is 4.79 Å². The molecule has 0 bridgehead atoms. The number of fused-ring (bicyclic) bond motifs is 1. The molecule has 2 heterocycles. The molecule has 6 nitrogen and oxygen atoms in total. The fraction of sp³-hybridized carbons (Fsp3) is 0.467. The van der Waals surface area contributed by atoms with Crippen molar-refractivity contribution in [2.24, 2.45) is 5.92 Å². The lowest BCUT2D eigenvalue weighted by Crippen LogP contribution is -2.50. The molecule has 0 spiro atoms. The van der Waals surface area contributed by atoms with E-state index < -0.39 is 12.1 Å². The number of aliphatic carboxylic acids is 1. The molecule has 1 fully saturated rings. The highest BCUT2D eigenvalue weighted by Crippen LogP contribution is 2.35. The molecule has 0 aliphatic carbocycles. The third kappa shape index (κ3) is 2.47. The van der Waals surface area contributed by atoms with E-state index >= 15 is 0 Å². The summed E-state index contributed by atoms with van der Waals surface area (Å²) in [4.78, 5) is 25.6. The second-order valence-corrected chi connectivity index (χ2v) is 5.50. The minimum absolute atomic E-state index is 0.0329. The lowest BCUT2D eigenvalue weighted by Gasteiger charge is -2.35. The van der Waals surface area contributed by atoms with Gasteiger partial charge in [0.15, 0.2) is 0 Å². The molecule has 3 atom stereocenters. The number of rotatable bonds is 2. The summed E-state index contributed by atoms with van der Waals surface area (Å²) < 4.78 is 5.45. The molecule has 112 valence electrons. The minimum atomic E-state index is -1.06. The lowest BCUT2D eigenvalue weighted by atomic mass is 9.99. The number of anilines is 1. The molecule has 2 aliphatic heterocycles. The second-order valence-electron chi connectivity index (χ2n) is 5.50. The molecule has 21 heavy (non-hydrogen) atoms. The zero-order valence-corrected chi connectivity index (χ0v) is 11.8. The molecular weight excluding hydrogens is 272 g/mol. The number of carbonyl (C=O) groups is 2. The van der Waals surface area contributed by atoms with Crippen LogP contribution >= 0.6 is 0 Å². The van der Waals surface area contributed by atoms with Crippen LogP contribution in [-0.2, 0) is 9.59 Å². The van der Waals surface area contributed by atoms with Gasteiger partial charge in [0.05, 0.1) is 18.2 Å². The Labute approximate surface area is 122 Å². The van der Waals surface area contributed by atoms with E-state index in [1.807, 2.05) is 13.0 Å². The lowest BCUT2D eigenvalue weighted by molar-refractivity contribution is -0.145. The van der Waals surface area contributed by atoms with Gasteiger partial charge in [0.2, 0.25) is 12.0 Å². The molecule has 1 aromatic carbocycles. The van der Waals surface area contributed by atoms with Gasteiger partial charge in [-0.1, -0.05) is 12.1 Å². The van der Waals surface area contributed by atoms with Crippen molar-refractivity contribution in [3.63, 3.8) is 0 Å². The summed E-state index contributed by atoms with van der Waals surface area (Å²) in [6.07, 6.45) is -0.245. The Kier molecular flexibility index (Phi) is 3.55. The molecule has 1 saturated heterocycles. The monoisotopic (exact) mass is 290 g/mol. The van der Waals surface area contributed by atoms with Gasteiger partial charge in [-0.15, -0.1) is 0 Å². The van der Waals surface area contributed by atoms with Gasteiger partial charge in [0, 0.05) is 6.04 Å². The van der Waals surface area contributed by atoms with E-state index in [-0.39, 0.29) is 24.4 Å². The Bertz CT molecular complexity index is 575. The maximum atomic E-state index is 12.8. The van der Waals surface area contributed by atoms with Gasteiger partial charge in [-0.05, 0) is 32.0 Å². The van der Waals surface area contributed by atoms with Crippen LogP contribution in [-0.4, -0.2) is 42.2 Å². The highest BCUT2D eigenvalue weighted by atomic mass is 16.5. The van der Waals surface area contributed by atoms with Gasteiger partial charge in [0.1, 0.15) is 5.75 Å². The molecule has 3 rings (SSSR count). The number of carboxylic acid groups (broad SMARTS) is 1. The summed E-state index contributed by atoms with van der Waals surface area (Å²) in [6.45, 7) is 2.84. The van der Waals surface area contributed by atoms with Crippen molar-refractivity contribution in [1.82, 2.24) is 5.32 Å². The Balaban J connectivity index is 1.92. The first-order chi connectivity index (χ1) is 10.1. The number of hydrogen-bond donors (Lipinski definition) is 2. The van der Waals surface area contributed by atoms with Crippen LogP contribution in [0.2, 0.25) is 0 Å².